The first-order valence-electron chi connectivity index (χ1n) is 53.7. The first-order chi connectivity index (χ1) is 71.9. The first kappa shape index (κ1) is 141. The fourth-order valence-corrected chi connectivity index (χ4v) is 12.1. The molecule has 0 rings (SSSR count). The van der Waals surface area contributed by atoms with E-state index < -0.39 is 78.2 Å². The zero-order valence-corrected chi connectivity index (χ0v) is 92.0. The Labute approximate surface area is 893 Å². The fourth-order valence-electron chi connectivity index (χ4n) is 12.1. The van der Waals surface area contributed by atoms with Crippen LogP contribution in [0.15, 0.2) is 352 Å². The van der Waals surface area contributed by atoms with Gasteiger partial charge in [-0.1, -0.05) is 387 Å². The van der Waals surface area contributed by atoms with Gasteiger partial charge in [0.1, 0.15) is 36.4 Å². The lowest BCUT2D eigenvalue weighted by Gasteiger charge is -2.24. The molecule has 0 fully saturated rings. The van der Waals surface area contributed by atoms with Crippen molar-refractivity contribution in [2.75, 3.05) is 14.2 Å². The minimum Gasteiger partial charge on any atom is -0.481 e. The highest BCUT2D eigenvalue weighted by molar-refractivity contribution is 5.87. The van der Waals surface area contributed by atoms with E-state index in [1.54, 1.807) is 0 Å². The van der Waals surface area contributed by atoms with Gasteiger partial charge < -0.3 is 56.2 Å². The van der Waals surface area contributed by atoms with Crippen molar-refractivity contribution in [3.8, 4) is 0 Å². The molecule has 21 heteroatoms. The maximum absolute atomic E-state index is 12.7. The molecule has 0 aliphatic heterocycles. The van der Waals surface area contributed by atoms with E-state index in [1.165, 1.54) is 48.8 Å². The summed E-state index contributed by atoms with van der Waals surface area (Å²) in [5, 5.41) is 27.5. The Morgan fingerprint density at radius 3 is 0.608 bits per heavy atom. The molecule has 0 saturated heterocycles. The number of rotatable bonds is 82. The van der Waals surface area contributed by atoms with Gasteiger partial charge in [-0.2, -0.15) is 0 Å². The van der Waals surface area contributed by atoms with E-state index in [4.69, 9.17) is 30.2 Å². The number of amides is 4. The third kappa shape index (κ3) is 109. The SMILES string of the molecule is CC/C=C\C/C=C\C/C=C\C/C=C\C/C=C\C/C=C\CCC(=O)N[C@@H](C)C(=O)O.CC/C=C\C/C=C\C/C=C\C/C=C\C/C=C\C/C=C\CCC(=O)N[C@@H](C)C(=O)O[C@H](C)[C@H](N)C(=O)OC.CC/C=C\C/C=C\C/C=C\C/C=C\C/C=C\C/C=C\CCC(=O)N[C@@H](C)C(=O)O[C@H](C)[C@H](NC(=O)CCC/C=C\C/C=C\C/C=C\C/C=C\C/C=C\CC)C(=O)OC.CC/C=C\C/C=C\C/C=C\C/C=C\C/C=C\C/C=C\CCC(=O)O. The molecular weight excluding hydrogens is 1850 g/mol. The molecule has 21 nitrogen and oxygen atoms in total. The molecule has 7 atom stereocenters. The zero-order chi connectivity index (χ0) is 110. The minimum atomic E-state index is -1.17. The van der Waals surface area contributed by atoms with Crippen LogP contribution in [0.25, 0.3) is 0 Å². The average molecular weight is 2040 g/mol. The maximum atomic E-state index is 12.7. The smallest absolute Gasteiger partial charge is 0.332 e. The van der Waals surface area contributed by atoms with Gasteiger partial charge in [0.15, 0.2) is 6.04 Å². The third-order valence-electron chi connectivity index (χ3n) is 20.5. The van der Waals surface area contributed by atoms with Crippen molar-refractivity contribution >= 4 is 59.4 Å². The molecule has 0 unspecified atom stereocenters. The van der Waals surface area contributed by atoms with Crippen LogP contribution in [0.5, 0.6) is 0 Å². The van der Waals surface area contributed by atoms with E-state index in [-0.39, 0.29) is 49.3 Å². The summed E-state index contributed by atoms with van der Waals surface area (Å²) in [5.74, 6) is -5.66. The number of hydrogen-bond acceptors (Lipinski definition) is 15. The van der Waals surface area contributed by atoms with Crippen LogP contribution in [0, 0.1) is 0 Å². The first-order valence-corrected chi connectivity index (χ1v) is 53.7. The van der Waals surface area contributed by atoms with Crippen LogP contribution in [0.4, 0.5) is 0 Å². The fraction of sp³-hybridized carbons (Fsp3) is 0.465. The molecule has 0 aliphatic rings. The highest BCUT2D eigenvalue weighted by Gasteiger charge is 2.32. The molecule has 0 bridgehead atoms. The van der Waals surface area contributed by atoms with Gasteiger partial charge in [-0.3, -0.25) is 33.6 Å². The van der Waals surface area contributed by atoms with Crippen molar-refractivity contribution in [3.63, 3.8) is 0 Å². The summed E-state index contributed by atoms with van der Waals surface area (Å²) in [7, 11) is 2.41. The van der Waals surface area contributed by atoms with E-state index >= 15 is 0 Å². The Kier molecular flexibility index (Phi) is 109. The van der Waals surface area contributed by atoms with Crippen molar-refractivity contribution in [1.82, 2.24) is 21.3 Å². The summed E-state index contributed by atoms with van der Waals surface area (Å²) < 4.78 is 20.0. The molecule has 8 N–H and O–H groups in total. The third-order valence-corrected chi connectivity index (χ3v) is 20.5. The Hall–Kier alpha value is -12.9. The maximum Gasteiger partial charge on any atom is 0.332 e. The summed E-state index contributed by atoms with van der Waals surface area (Å²) in [4.78, 5) is 118. The van der Waals surface area contributed by atoms with Crippen molar-refractivity contribution in [1.29, 1.82) is 0 Å². The largest absolute Gasteiger partial charge is 0.481 e. The van der Waals surface area contributed by atoms with Gasteiger partial charge in [0.2, 0.25) is 23.6 Å². The lowest BCUT2D eigenvalue weighted by molar-refractivity contribution is -0.160. The van der Waals surface area contributed by atoms with Gasteiger partial charge in [0, 0.05) is 32.1 Å². The molecule has 4 amide bonds. The predicted molar refractivity (Wildman–Crippen MR) is 621 cm³/mol. The van der Waals surface area contributed by atoms with Crippen molar-refractivity contribution in [2.45, 2.75) is 368 Å². The Balaban J connectivity index is -0.000000992. The van der Waals surface area contributed by atoms with Crippen LogP contribution in [-0.4, -0.2) is 126 Å². The van der Waals surface area contributed by atoms with Crippen LogP contribution >= 0.6 is 0 Å². The summed E-state index contributed by atoms with van der Waals surface area (Å²) in [6.07, 6.45) is 155. The van der Waals surface area contributed by atoms with Crippen LogP contribution in [0.3, 0.4) is 0 Å². The monoisotopic (exact) mass is 2040 g/mol. The van der Waals surface area contributed by atoms with Gasteiger partial charge in [-0.25, -0.2) is 14.4 Å². The van der Waals surface area contributed by atoms with Crippen molar-refractivity contribution < 1.29 is 77.1 Å². The molecular formula is C127H189N5O16. The van der Waals surface area contributed by atoms with E-state index in [2.05, 4.69) is 358 Å². The van der Waals surface area contributed by atoms with E-state index in [0.29, 0.717) is 44.9 Å². The van der Waals surface area contributed by atoms with Crippen LogP contribution < -0.4 is 27.0 Å². The molecule has 148 heavy (non-hydrogen) atoms. The van der Waals surface area contributed by atoms with Crippen molar-refractivity contribution in [3.05, 3.63) is 352 Å². The minimum absolute atomic E-state index is 0.200. The number of carbonyl (C=O) groups is 10. The second kappa shape index (κ2) is 114. The quantitative estimate of drug-likeness (QED) is 0.0129. The zero-order valence-electron chi connectivity index (χ0n) is 92.0. The Morgan fingerprint density at radius 1 is 0.223 bits per heavy atom. The number of carboxylic acids is 2. The van der Waals surface area contributed by atoms with Crippen LogP contribution in [-0.2, 0) is 66.9 Å². The summed E-state index contributed by atoms with van der Waals surface area (Å²) in [5.41, 5.74) is 5.64. The van der Waals surface area contributed by atoms with Gasteiger partial charge in [0.05, 0.1) is 14.2 Å². The van der Waals surface area contributed by atoms with Gasteiger partial charge in [0.25, 0.3) is 0 Å². The molecule has 0 aromatic carbocycles. The normalized spacial score (nSPS) is 14.1. The van der Waals surface area contributed by atoms with E-state index in [9.17, 15) is 47.9 Å². The number of nitrogens with one attached hydrogen (secondary N) is 4. The standard InChI is InChI=1S/C50H74N2O6.C30H46N2O5.C25H37NO3.C22H32O2/c1-6-8-10-12-14-16-18-20-22-24-25-27-29-30-32-34-36-38-40-42-46(53)51-44(3)49(55)58-45(4)48(50(56)57-5)52-47(54)43-41-39-37-35-33-31-28-26-23-21-19-17-15-13-11-9-7-2;1-5-6-7-8-9-10-11-12-13-14-15-16-17-18-19-20-21-22-23-24-27(33)32-25(2)29(34)37-26(3)28(31)30(35)36-4;1-3-4-5-6-7-8-9-10-11-12-13-14-15-16-17-18-19-20-21-22-24(27)26-23(2)25(28)29;1-2-3-4-5-6-7-8-9-10-11-12-13-14-15-16-17-18-19-20-21-22(23)24/h8-11,14-17,20-23,25,27-28,30-32,35-38,44-45,48H,6-7,12-13,18-19,24,26,29,33-34,39-43H2,1-5H3,(H,51,53)(H,52,54);6-7,9-10,12-13,15-16,18-19,21-22,25-26,28H,5,8,11,14,17,20,23-24,31H2,1-4H3,(H,32,33);4-5,7-8,10-11,13-14,16-17,19-20,23H,3,6,9,12,15,18,21-22H2,1-2H3,(H,26,27)(H,28,29);3-4,6-7,9-10,12-13,15-16,18-19H,2,5,8,11,14,17,20-21H2,1H3,(H,23,24)/b10-8-,11-9-,16-14-,17-15-,22-20-,23-21-,27-25-,31-28-,32-30-,37-35-,38-36-;7-6-,10-9-,13-12-,16-15-,19-18-,22-21-;5-4-,8-7-,11-10-,14-13-,17-16-,20-19-;4-3-,7-6-,10-9-,13-12-,16-15-,19-18-/t44-,45+,48-;25-,26+,28-;23-;/m000./s1. The number of nitrogens with two attached hydrogens (primary N) is 1. The topological polar surface area (TPSA) is 322 Å². The van der Waals surface area contributed by atoms with Gasteiger partial charge >= 0.3 is 35.8 Å². The Morgan fingerprint density at radius 2 is 0.405 bits per heavy atom. The highest BCUT2D eigenvalue weighted by atomic mass is 16.6. The highest BCUT2D eigenvalue weighted by Crippen LogP contribution is 2.12. The van der Waals surface area contributed by atoms with E-state index in [1.807, 2.05) is 54.7 Å². The molecule has 0 radical (unpaired) electrons. The van der Waals surface area contributed by atoms with E-state index in [0.717, 1.165) is 186 Å². The number of ether oxygens (including phenoxy) is 4. The number of esters is 4. The Bertz CT molecular complexity index is 4390. The average Bonchev–Trinajstić information content (AvgIpc) is 0.870. The predicted octanol–water partition coefficient (Wildman–Crippen LogP) is 29.5. The number of carbonyl (C=O) groups excluding carboxylic acids is 8. The number of aliphatic carboxylic acids is 2. The molecule has 0 aromatic rings. The van der Waals surface area contributed by atoms with Crippen LogP contribution in [0.2, 0.25) is 0 Å². The second-order valence-electron chi connectivity index (χ2n) is 33.9. The lowest BCUT2D eigenvalue weighted by Crippen LogP contribution is -2.51. The summed E-state index contributed by atoms with van der Waals surface area (Å²) in [6, 6.07) is -4.87. The van der Waals surface area contributed by atoms with Crippen molar-refractivity contribution in [2.24, 2.45) is 5.73 Å². The van der Waals surface area contributed by atoms with Crippen LogP contribution in [0.1, 0.15) is 326 Å². The summed E-state index contributed by atoms with van der Waals surface area (Å²) in [6.45, 7) is 18.2. The van der Waals surface area contributed by atoms with Gasteiger partial charge in [-0.15, -0.1) is 0 Å². The molecule has 0 aromatic heterocycles. The number of allylic oxidation sites excluding steroid dienone is 58. The second-order valence-corrected chi connectivity index (χ2v) is 33.9. The lowest BCUT2D eigenvalue weighted by atomic mass is 10.1. The molecule has 0 saturated carbocycles. The number of unbranched alkanes of at least 4 members (excludes halogenated alkanes) is 1. The molecule has 818 valence electrons. The number of hydrogen-bond donors (Lipinski definition) is 7. The molecule has 0 spiro atoms. The van der Waals surface area contributed by atoms with Gasteiger partial charge in [-0.05, 0) is 259 Å². The number of carboxylic acid groups (broad SMARTS) is 2. The number of methoxy groups -OCH3 is 2. The summed E-state index contributed by atoms with van der Waals surface area (Å²) >= 11 is 0. The molecule has 0 aliphatic carbocycles. The molecule has 0 heterocycles.